The number of sulfonamides is 1. The Hall–Kier alpha value is -2.03. The van der Waals surface area contributed by atoms with Gasteiger partial charge in [0.15, 0.2) is 0 Å². The topological polar surface area (TPSA) is 138 Å². The van der Waals surface area contributed by atoms with Gasteiger partial charge in [0.1, 0.15) is 0 Å². The van der Waals surface area contributed by atoms with Gasteiger partial charge in [0.25, 0.3) is 5.69 Å². The molecule has 0 aromatic heterocycles. The summed E-state index contributed by atoms with van der Waals surface area (Å²) in [6.07, 6.45) is 0. The van der Waals surface area contributed by atoms with Crippen LogP contribution >= 0.6 is 0 Å². The molecule has 7 nitrogen and oxygen atoms in total. The van der Waals surface area contributed by atoms with Gasteiger partial charge in [-0.05, 0) is 11.5 Å². The van der Waals surface area contributed by atoms with Crippen molar-refractivity contribution in [3.63, 3.8) is 0 Å². The highest BCUT2D eigenvalue weighted by Crippen LogP contribution is 2.30. The van der Waals surface area contributed by atoms with Crippen LogP contribution in [-0.4, -0.2) is 13.3 Å². The standard InChI is InChI=1S/C10H8N2O4S.H3N/c11-17(15,16)9-6-2-4-7-3-1-5-8(10(7)9)12(13)14;/h1-6H,(H2,11,15,16);1H3. The second-order valence-corrected chi connectivity index (χ2v) is 4.96. The van der Waals surface area contributed by atoms with Crippen molar-refractivity contribution in [2.45, 2.75) is 4.90 Å². The van der Waals surface area contributed by atoms with E-state index in [1.54, 1.807) is 12.1 Å². The van der Waals surface area contributed by atoms with Crippen molar-refractivity contribution in [3.8, 4) is 0 Å². The second-order valence-electron chi connectivity index (χ2n) is 3.43. The molecule has 0 aliphatic heterocycles. The van der Waals surface area contributed by atoms with E-state index in [4.69, 9.17) is 5.14 Å². The summed E-state index contributed by atoms with van der Waals surface area (Å²) in [4.78, 5) is 10.0. The number of hydrogen-bond acceptors (Lipinski definition) is 5. The van der Waals surface area contributed by atoms with Gasteiger partial charge >= 0.3 is 0 Å². The summed E-state index contributed by atoms with van der Waals surface area (Å²) in [6, 6.07) is 8.68. The Morgan fingerprint density at radius 2 is 1.67 bits per heavy atom. The Labute approximate surface area is 103 Å². The maximum atomic E-state index is 11.4. The van der Waals surface area contributed by atoms with Crippen LogP contribution in [0.5, 0.6) is 0 Å². The molecule has 0 aliphatic rings. The number of nitrogens with two attached hydrogens (primary N) is 1. The lowest BCUT2D eigenvalue weighted by Gasteiger charge is -2.04. The van der Waals surface area contributed by atoms with E-state index in [-0.39, 0.29) is 22.1 Å². The van der Waals surface area contributed by atoms with Gasteiger partial charge in [-0.3, -0.25) is 10.1 Å². The van der Waals surface area contributed by atoms with Crippen LogP contribution in [0.4, 0.5) is 5.69 Å². The summed E-state index contributed by atoms with van der Waals surface area (Å²) in [6.45, 7) is 0. The highest BCUT2D eigenvalue weighted by molar-refractivity contribution is 7.89. The van der Waals surface area contributed by atoms with Crippen LogP contribution in [0.25, 0.3) is 10.8 Å². The number of primary sulfonamides is 1. The highest BCUT2D eigenvalue weighted by atomic mass is 32.2. The maximum Gasteiger partial charge on any atom is 0.278 e. The monoisotopic (exact) mass is 269 g/mol. The molecule has 0 amide bonds. The van der Waals surface area contributed by atoms with E-state index in [9.17, 15) is 18.5 Å². The first-order valence-corrected chi connectivity index (χ1v) is 6.15. The molecule has 18 heavy (non-hydrogen) atoms. The molecule has 0 saturated heterocycles. The van der Waals surface area contributed by atoms with Crippen molar-refractivity contribution in [2.75, 3.05) is 0 Å². The third-order valence-corrected chi connectivity index (χ3v) is 3.30. The summed E-state index contributed by atoms with van der Waals surface area (Å²) in [5.74, 6) is 0. The van der Waals surface area contributed by atoms with Crippen molar-refractivity contribution in [3.05, 3.63) is 46.5 Å². The zero-order valence-electron chi connectivity index (χ0n) is 9.24. The molecule has 8 heteroatoms. The smallest absolute Gasteiger partial charge is 0.278 e. The van der Waals surface area contributed by atoms with E-state index in [1.165, 1.54) is 24.3 Å². The van der Waals surface area contributed by atoms with Crippen molar-refractivity contribution < 1.29 is 13.3 Å². The fraction of sp³-hybridized carbons (Fsp3) is 0. The van der Waals surface area contributed by atoms with E-state index < -0.39 is 14.9 Å². The number of nitro groups is 1. The van der Waals surface area contributed by atoms with E-state index >= 15 is 0 Å². The number of non-ortho nitro benzene ring substituents is 1. The Morgan fingerprint density at radius 3 is 2.17 bits per heavy atom. The van der Waals surface area contributed by atoms with E-state index in [2.05, 4.69) is 0 Å². The highest BCUT2D eigenvalue weighted by Gasteiger charge is 2.20. The molecular weight excluding hydrogens is 258 g/mol. The summed E-state index contributed by atoms with van der Waals surface area (Å²) in [7, 11) is -3.99. The molecule has 5 N–H and O–H groups in total. The first-order valence-electron chi connectivity index (χ1n) is 4.60. The Morgan fingerprint density at radius 1 is 1.11 bits per heavy atom. The average Bonchev–Trinajstić information content (AvgIpc) is 2.26. The second kappa shape index (κ2) is 4.69. The predicted octanol–water partition coefficient (Wildman–Crippen LogP) is 1.56. The van der Waals surface area contributed by atoms with E-state index in [1.807, 2.05) is 0 Å². The fourth-order valence-corrected chi connectivity index (χ4v) is 2.45. The van der Waals surface area contributed by atoms with Gasteiger partial charge in [0.2, 0.25) is 10.0 Å². The lowest BCUT2D eigenvalue weighted by atomic mass is 10.1. The summed E-state index contributed by atoms with van der Waals surface area (Å²) >= 11 is 0. The molecule has 0 heterocycles. The molecule has 0 atom stereocenters. The molecular formula is C10H11N3O4S. The van der Waals surface area contributed by atoms with E-state index in [0.717, 1.165) is 0 Å². The van der Waals surface area contributed by atoms with Crippen LogP contribution in [-0.2, 0) is 10.0 Å². The third-order valence-electron chi connectivity index (χ3n) is 2.35. The van der Waals surface area contributed by atoms with Crippen LogP contribution in [0, 0.1) is 10.1 Å². The molecule has 0 bridgehead atoms. The van der Waals surface area contributed by atoms with Gasteiger partial charge in [0, 0.05) is 6.07 Å². The quantitative estimate of drug-likeness (QED) is 0.629. The van der Waals surface area contributed by atoms with Crippen LogP contribution in [0.15, 0.2) is 41.3 Å². The van der Waals surface area contributed by atoms with Crippen LogP contribution in [0.2, 0.25) is 0 Å². The molecule has 0 unspecified atom stereocenters. The summed E-state index contributed by atoms with van der Waals surface area (Å²) < 4.78 is 22.8. The van der Waals surface area contributed by atoms with Crippen molar-refractivity contribution in [1.29, 1.82) is 0 Å². The van der Waals surface area contributed by atoms with Gasteiger partial charge in [-0.1, -0.05) is 24.3 Å². The van der Waals surface area contributed by atoms with E-state index in [0.29, 0.717) is 5.39 Å². The lowest BCUT2D eigenvalue weighted by Crippen LogP contribution is -2.13. The molecule has 0 radical (unpaired) electrons. The van der Waals surface area contributed by atoms with Crippen LogP contribution < -0.4 is 11.3 Å². The molecule has 0 fully saturated rings. The molecule has 0 spiro atoms. The maximum absolute atomic E-state index is 11.4. The minimum absolute atomic E-state index is 0. The van der Waals surface area contributed by atoms with Gasteiger partial charge < -0.3 is 6.15 Å². The number of nitrogens with zero attached hydrogens (tertiary/aromatic N) is 1. The fourth-order valence-electron chi connectivity index (χ4n) is 1.68. The van der Waals surface area contributed by atoms with Gasteiger partial charge in [-0.15, -0.1) is 0 Å². The van der Waals surface area contributed by atoms with Crippen molar-refractivity contribution >= 4 is 26.5 Å². The SMILES string of the molecule is N.NS(=O)(=O)c1cccc2cccc([N+](=O)[O-])c12. The minimum atomic E-state index is -3.99. The number of rotatable bonds is 2. The number of fused-ring (bicyclic) bond motifs is 1. The number of hydrogen-bond donors (Lipinski definition) is 2. The molecule has 0 saturated carbocycles. The average molecular weight is 269 g/mol. The molecule has 2 aromatic carbocycles. The molecule has 2 aromatic rings. The van der Waals surface area contributed by atoms with Crippen molar-refractivity contribution in [2.24, 2.45) is 5.14 Å². The normalized spacial score (nSPS) is 10.9. The van der Waals surface area contributed by atoms with Gasteiger partial charge in [0.05, 0.1) is 15.2 Å². The minimum Gasteiger partial charge on any atom is -0.344 e. The Bertz CT molecular complexity index is 707. The lowest BCUT2D eigenvalue weighted by molar-refractivity contribution is -0.383. The predicted molar refractivity (Wildman–Crippen MR) is 67.0 cm³/mol. The first kappa shape index (κ1) is 14.0. The number of benzene rings is 2. The first-order chi connectivity index (χ1) is 7.91. The largest absolute Gasteiger partial charge is 0.344 e. The van der Waals surface area contributed by atoms with Crippen LogP contribution in [0.1, 0.15) is 0 Å². The summed E-state index contributed by atoms with van der Waals surface area (Å²) in [5, 5.41) is 16.4. The zero-order valence-corrected chi connectivity index (χ0v) is 10.1. The summed E-state index contributed by atoms with van der Waals surface area (Å²) in [5.41, 5.74) is -0.271. The van der Waals surface area contributed by atoms with Crippen molar-refractivity contribution in [1.82, 2.24) is 6.15 Å². The van der Waals surface area contributed by atoms with Crippen LogP contribution in [0.3, 0.4) is 0 Å². The van der Waals surface area contributed by atoms with Gasteiger partial charge in [-0.25, -0.2) is 13.6 Å². The Kier molecular flexibility index (Phi) is 3.65. The zero-order chi connectivity index (χ0) is 12.6. The third kappa shape index (κ3) is 2.30. The molecule has 0 aliphatic carbocycles. The molecule has 96 valence electrons. The Balaban J connectivity index is 0.00000162. The van der Waals surface area contributed by atoms with Gasteiger partial charge in [-0.2, -0.15) is 0 Å². The number of nitro benzene ring substituents is 1. The molecule has 2 rings (SSSR count).